The van der Waals surface area contributed by atoms with E-state index in [2.05, 4.69) is 5.32 Å². The van der Waals surface area contributed by atoms with Crippen LogP contribution in [0.2, 0.25) is 0 Å². The first kappa shape index (κ1) is 19.3. The summed E-state index contributed by atoms with van der Waals surface area (Å²) in [5, 5.41) is 3.32. The molecule has 3 heterocycles. The molecule has 152 valence electrons. The van der Waals surface area contributed by atoms with Crippen LogP contribution in [-0.2, 0) is 23.8 Å². The van der Waals surface area contributed by atoms with Crippen LogP contribution in [0.3, 0.4) is 0 Å². The summed E-state index contributed by atoms with van der Waals surface area (Å²) in [4.78, 5) is 39.7. The fourth-order valence-corrected chi connectivity index (χ4v) is 4.92. The van der Waals surface area contributed by atoms with E-state index in [9.17, 15) is 14.4 Å². The number of nitrogens with one attached hydrogen (secondary N) is 1. The van der Waals surface area contributed by atoms with Gasteiger partial charge in [0.25, 0.3) is 0 Å². The molecule has 10 heteroatoms. The molecule has 4 aliphatic rings. The van der Waals surface area contributed by atoms with Gasteiger partial charge in [0.15, 0.2) is 11.5 Å². The van der Waals surface area contributed by atoms with E-state index in [0.717, 1.165) is 0 Å². The largest absolute Gasteiger partial charge is 0.488 e. The van der Waals surface area contributed by atoms with Crippen LogP contribution < -0.4 is 11.1 Å². The molecule has 0 aromatic heterocycles. The van der Waals surface area contributed by atoms with Crippen molar-refractivity contribution in [2.45, 2.75) is 24.7 Å². The maximum atomic E-state index is 13.3. The molecule has 3 N–H and O–H groups in total. The molecule has 0 aromatic carbocycles. The molecular weight excluding hydrogens is 386 g/mol. The van der Waals surface area contributed by atoms with E-state index in [4.69, 9.17) is 19.9 Å². The molecule has 0 spiro atoms. The number of piperazine rings is 1. The molecule has 3 unspecified atom stereocenters. The van der Waals surface area contributed by atoms with Crippen molar-refractivity contribution in [2.75, 3.05) is 38.9 Å². The smallest absolute Gasteiger partial charge is 0.404 e. The lowest BCUT2D eigenvalue weighted by molar-refractivity contribution is -0.137. The number of amides is 1. The van der Waals surface area contributed by atoms with Gasteiger partial charge >= 0.3 is 6.09 Å². The average molecular weight is 409 g/mol. The Balaban J connectivity index is 1.74. The van der Waals surface area contributed by atoms with E-state index in [1.54, 1.807) is 18.7 Å². The fourth-order valence-electron chi connectivity index (χ4n) is 4.67. The van der Waals surface area contributed by atoms with Crippen LogP contribution in [0.15, 0.2) is 22.6 Å². The molecule has 2 saturated heterocycles. The number of Topliss-reactive ketones (excluding diaryl/α,β-unsaturated/α-hetero) is 2. The lowest BCUT2D eigenvalue weighted by Crippen LogP contribution is -2.55. The zero-order valence-electron chi connectivity index (χ0n) is 15.9. The van der Waals surface area contributed by atoms with E-state index < -0.39 is 17.7 Å². The minimum Gasteiger partial charge on any atom is -0.488 e. The lowest BCUT2D eigenvalue weighted by atomic mass is 9.83. The first-order valence-corrected chi connectivity index (χ1v) is 10.4. The third-order valence-electron chi connectivity index (χ3n) is 5.91. The average Bonchev–Trinajstić information content (AvgIpc) is 3.27. The normalized spacial score (nSPS) is 33.1. The molecule has 4 atom stereocenters. The van der Waals surface area contributed by atoms with E-state index in [1.165, 1.54) is 7.11 Å². The number of rotatable bonds is 7. The number of hydrogen-bond acceptors (Lipinski definition) is 9. The van der Waals surface area contributed by atoms with Gasteiger partial charge in [-0.1, -0.05) is 0 Å². The number of ketones is 2. The van der Waals surface area contributed by atoms with Crippen LogP contribution in [0, 0.1) is 5.92 Å². The number of ether oxygens (including phenoxy) is 3. The van der Waals surface area contributed by atoms with Crippen molar-refractivity contribution in [3.8, 4) is 0 Å². The first-order chi connectivity index (χ1) is 13.4. The topological polar surface area (TPSA) is 130 Å². The third kappa shape index (κ3) is 2.51. The van der Waals surface area contributed by atoms with Gasteiger partial charge in [-0.15, -0.1) is 0 Å². The second kappa shape index (κ2) is 6.78. The Bertz CT molecular complexity index is 824. The number of fused-ring (bicyclic) bond motifs is 4. The summed E-state index contributed by atoms with van der Waals surface area (Å²) >= 11 is 1.58. The summed E-state index contributed by atoms with van der Waals surface area (Å²) in [6.45, 7) is 2.32. The number of carbonyl (C=O) groups excluding carboxylic acids is 3. The maximum absolute atomic E-state index is 13.3. The first-order valence-electron chi connectivity index (χ1n) is 9.05. The summed E-state index contributed by atoms with van der Waals surface area (Å²) in [7, 11) is 1.54. The van der Waals surface area contributed by atoms with Gasteiger partial charge in [0.05, 0.1) is 24.3 Å². The van der Waals surface area contributed by atoms with Crippen molar-refractivity contribution in [3.05, 3.63) is 22.6 Å². The van der Waals surface area contributed by atoms with Crippen LogP contribution in [0.25, 0.3) is 0 Å². The number of nitrogens with two attached hydrogens (primary N) is 1. The van der Waals surface area contributed by atoms with Gasteiger partial charge in [-0.25, -0.2) is 4.79 Å². The SMILES string of the molecule is CO[C@@]12C(COC(N)=O)C3=C(C(=O)C(C)=C(OCCSC)C3=O)N1CC1NC12. The highest BCUT2D eigenvalue weighted by Gasteiger charge is 2.72. The zero-order valence-corrected chi connectivity index (χ0v) is 16.8. The van der Waals surface area contributed by atoms with Crippen molar-refractivity contribution in [2.24, 2.45) is 11.7 Å². The third-order valence-corrected chi connectivity index (χ3v) is 6.48. The quantitative estimate of drug-likeness (QED) is 0.333. The van der Waals surface area contributed by atoms with Gasteiger partial charge in [-0.05, 0) is 13.2 Å². The zero-order chi connectivity index (χ0) is 20.2. The molecule has 9 nitrogen and oxygen atoms in total. The van der Waals surface area contributed by atoms with Crippen LogP contribution in [-0.4, -0.2) is 79.2 Å². The Kier molecular flexibility index (Phi) is 4.67. The highest BCUT2D eigenvalue weighted by atomic mass is 32.2. The number of methoxy groups -OCH3 is 1. The molecular formula is C18H23N3O6S. The predicted octanol–water partition coefficient (Wildman–Crippen LogP) is -0.230. The Morgan fingerprint density at radius 3 is 2.79 bits per heavy atom. The van der Waals surface area contributed by atoms with Crippen LogP contribution >= 0.6 is 11.8 Å². The van der Waals surface area contributed by atoms with Crippen LogP contribution in [0.1, 0.15) is 6.92 Å². The Morgan fingerprint density at radius 1 is 1.39 bits per heavy atom. The maximum Gasteiger partial charge on any atom is 0.404 e. The minimum atomic E-state index is -0.967. The molecule has 4 rings (SSSR count). The van der Waals surface area contributed by atoms with Gasteiger partial charge in [0, 0.05) is 36.6 Å². The van der Waals surface area contributed by atoms with Gasteiger partial charge in [0.2, 0.25) is 11.6 Å². The molecule has 28 heavy (non-hydrogen) atoms. The molecule has 1 amide bonds. The highest BCUT2D eigenvalue weighted by Crippen LogP contribution is 2.55. The Hall–Kier alpha value is -2.04. The van der Waals surface area contributed by atoms with Crippen molar-refractivity contribution >= 4 is 29.4 Å². The van der Waals surface area contributed by atoms with Crippen molar-refractivity contribution in [1.29, 1.82) is 0 Å². The van der Waals surface area contributed by atoms with E-state index in [0.29, 0.717) is 30.2 Å². The van der Waals surface area contributed by atoms with Gasteiger partial charge in [0.1, 0.15) is 6.61 Å². The highest BCUT2D eigenvalue weighted by molar-refractivity contribution is 7.98. The summed E-state index contributed by atoms with van der Waals surface area (Å²) in [6.07, 6.45) is 0.992. The molecule has 0 saturated carbocycles. The number of carbonyl (C=O) groups is 3. The fraction of sp³-hybridized carbons (Fsp3) is 0.611. The monoisotopic (exact) mass is 409 g/mol. The van der Waals surface area contributed by atoms with E-state index in [1.807, 2.05) is 11.2 Å². The second-order valence-electron chi connectivity index (χ2n) is 7.22. The summed E-state index contributed by atoms with van der Waals surface area (Å²) in [6, 6.07) is 0.0998. The summed E-state index contributed by atoms with van der Waals surface area (Å²) in [5.41, 5.74) is 5.10. The standard InChI is InChI=1S/C18H23N3O6S/c1-8-13(22)12-11(14(23)15(8)26-4-5-28-3)9(7-27-17(19)24)18(25-2)16-10(20-16)6-21(12)18/h9-10,16,20H,4-7H2,1-3H3,(H2,19,24)/t9?,10?,16?,18-/m1/s1. The molecule has 0 aromatic rings. The van der Waals surface area contributed by atoms with Gasteiger partial charge < -0.3 is 30.2 Å². The van der Waals surface area contributed by atoms with Gasteiger partial charge in [-0.2, -0.15) is 11.8 Å². The van der Waals surface area contributed by atoms with Gasteiger partial charge in [-0.3, -0.25) is 9.59 Å². The molecule has 2 fully saturated rings. The number of nitrogens with zero attached hydrogens (tertiary/aromatic N) is 1. The Morgan fingerprint density at radius 2 is 2.14 bits per heavy atom. The van der Waals surface area contributed by atoms with Crippen LogP contribution in [0.5, 0.6) is 0 Å². The Labute approximate surface area is 166 Å². The van der Waals surface area contributed by atoms with Crippen molar-refractivity contribution in [3.63, 3.8) is 0 Å². The number of hydrogen-bond donors (Lipinski definition) is 2. The number of thioether (sulfide) groups is 1. The second-order valence-corrected chi connectivity index (χ2v) is 8.20. The molecule has 3 aliphatic heterocycles. The van der Waals surface area contributed by atoms with E-state index in [-0.39, 0.29) is 41.6 Å². The lowest BCUT2D eigenvalue weighted by Gasteiger charge is -2.39. The summed E-state index contributed by atoms with van der Waals surface area (Å²) in [5.74, 6) is -0.490. The predicted molar refractivity (Wildman–Crippen MR) is 100 cm³/mol. The minimum absolute atomic E-state index is 0.0636. The molecule has 0 bridgehead atoms. The van der Waals surface area contributed by atoms with Crippen molar-refractivity contribution < 1.29 is 28.6 Å². The molecule has 0 radical (unpaired) electrons. The molecule has 1 aliphatic carbocycles. The van der Waals surface area contributed by atoms with Crippen LogP contribution in [0.4, 0.5) is 4.79 Å². The van der Waals surface area contributed by atoms with Crippen molar-refractivity contribution in [1.82, 2.24) is 10.2 Å². The van der Waals surface area contributed by atoms with E-state index >= 15 is 0 Å². The summed E-state index contributed by atoms with van der Waals surface area (Å²) < 4.78 is 16.6. The number of primary amides is 1. The number of allylic oxidation sites excluding steroid dienone is 2.